The summed E-state index contributed by atoms with van der Waals surface area (Å²) in [5, 5.41) is 31.1. The average molecular weight is 291 g/mol. The molecular formula is C12H21NO7. The molecule has 0 saturated carbocycles. The molecule has 0 aromatic rings. The predicted octanol–water partition coefficient (Wildman–Crippen LogP) is -2.42. The van der Waals surface area contributed by atoms with Crippen molar-refractivity contribution in [3.63, 3.8) is 0 Å². The monoisotopic (exact) mass is 291 g/mol. The van der Waals surface area contributed by atoms with E-state index in [4.69, 9.17) is 14.6 Å². The number of hydrogen-bond donors (Lipinski definition) is 4. The van der Waals surface area contributed by atoms with Gasteiger partial charge in [-0.05, 0) is 0 Å². The maximum absolute atomic E-state index is 11.6. The number of aliphatic hydroxyl groups excluding tert-OH is 3. The molecule has 1 aliphatic rings. The van der Waals surface area contributed by atoms with Crippen LogP contribution in [0.4, 0.5) is 0 Å². The molecular weight excluding hydrogens is 270 g/mol. The summed E-state index contributed by atoms with van der Waals surface area (Å²) >= 11 is 0. The largest absolute Gasteiger partial charge is 0.394 e. The summed E-state index contributed by atoms with van der Waals surface area (Å²) in [5.74, 6) is -0.639. The van der Waals surface area contributed by atoms with Crippen molar-refractivity contribution in [2.75, 3.05) is 20.3 Å². The van der Waals surface area contributed by atoms with Crippen LogP contribution in [0.3, 0.4) is 0 Å². The first-order valence-corrected chi connectivity index (χ1v) is 6.30. The third kappa shape index (κ3) is 4.22. The van der Waals surface area contributed by atoms with Crippen LogP contribution >= 0.6 is 0 Å². The van der Waals surface area contributed by atoms with Gasteiger partial charge in [0, 0.05) is 20.5 Å². The fourth-order valence-corrected chi connectivity index (χ4v) is 2.25. The number of amides is 1. The van der Waals surface area contributed by atoms with Gasteiger partial charge in [0.15, 0.2) is 5.78 Å². The summed E-state index contributed by atoms with van der Waals surface area (Å²) in [7, 11) is 1.38. The van der Waals surface area contributed by atoms with Crippen LogP contribution in [0.1, 0.15) is 13.3 Å². The van der Waals surface area contributed by atoms with Gasteiger partial charge in [0.1, 0.15) is 24.9 Å². The van der Waals surface area contributed by atoms with Crippen molar-refractivity contribution >= 4 is 11.7 Å². The zero-order chi connectivity index (χ0) is 15.3. The van der Waals surface area contributed by atoms with Crippen molar-refractivity contribution < 1.29 is 34.4 Å². The SMILES string of the molecule is COCC(=O)C[C@H]1O[C@H]([C@H](O)CO)[C@H](O)[C@@H]1NC(C)=O. The van der Waals surface area contributed by atoms with Crippen LogP contribution in [0.25, 0.3) is 0 Å². The van der Waals surface area contributed by atoms with Gasteiger partial charge in [-0.15, -0.1) is 0 Å². The van der Waals surface area contributed by atoms with E-state index in [-0.39, 0.29) is 24.7 Å². The molecule has 1 heterocycles. The van der Waals surface area contributed by atoms with Crippen LogP contribution in [0.2, 0.25) is 0 Å². The van der Waals surface area contributed by atoms with E-state index >= 15 is 0 Å². The lowest BCUT2D eigenvalue weighted by molar-refractivity contribution is -0.128. The second kappa shape index (κ2) is 7.65. The molecule has 0 bridgehead atoms. The minimum atomic E-state index is -1.29. The molecule has 0 radical (unpaired) electrons. The number of methoxy groups -OCH3 is 1. The molecule has 1 amide bonds. The van der Waals surface area contributed by atoms with Gasteiger partial charge in [-0.25, -0.2) is 0 Å². The Morgan fingerprint density at radius 1 is 1.45 bits per heavy atom. The minimum Gasteiger partial charge on any atom is -0.394 e. The number of rotatable bonds is 7. The smallest absolute Gasteiger partial charge is 0.217 e. The predicted molar refractivity (Wildman–Crippen MR) is 66.9 cm³/mol. The van der Waals surface area contributed by atoms with E-state index in [0.29, 0.717) is 0 Å². The summed E-state index contributed by atoms with van der Waals surface area (Å²) in [4.78, 5) is 22.7. The molecule has 1 aliphatic heterocycles. The second-order valence-corrected chi connectivity index (χ2v) is 4.78. The Morgan fingerprint density at radius 2 is 2.10 bits per heavy atom. The Labute approximate surface area is 116 Å². The van der Waals surface area contributed by atoms with Gasteiger partial charge in [-0.1, -0.05) is 0 Å². The molecule has 8 nitrogen and oxygen atoms in total. The topological polar surface area (TPSA) is 125 Å². The summed E-state index contributed by atoms with van der Waals surface area (Å²) < 4.78 is 10.1. The van der Waals surface area contributed by atoms with Crippen molar-refractivity contribution in [1.29, 1.82) is 0 Å². The third-order valence-electron chi connectivity index (χ3n) is 3.11. The van der Waals surface area contributed by atoms with Crippen molar-refractivity contribution in [2.45, 2.75) is 43.8 Å². The van der Waals surface area contributed by atoms with Gasteiger partial charge >= 0.3 is 0 Å². The Bertz CT molecular complexity index is 349. The summed E-state index contributed by atoms with van der Waals surface area (Å²) in [5.41, 5.74) is 0. The molecule has 1 fully saturated rings. The van der Waals surface area contributed by atoms with E-state index in [9.17, 15) is 19.8 Å². The number of ketones is 1. The molecule has 0 aliphatic carbocycles. The standard InChI is InChI=1S/C12H21NO7/c1-6(15)13-10-9(3-7(16)5-19-2)20-12(11(10)18)8(17)4-14/h8-12,14,17-18H,3-5H2,1-2H3,(H,13,15)/t8-,9-,10-,11-,12-/m1/s1. The first kappa shape index (κ1) is 17.0. The molecule has 1 saturated heterocycles. The Hall–Kier alpha value is -1.06. The fraction of sp³-hybridized carbons (Fsp3) is 0.833. The van der Waals surface area contributed by atoms with Crippen molar-refractivity contribution in [3.05, 3.63) is 0 Å². The van der Waals surface area contributed by atoms with Crippen LogP contribution in [-0.4, -0.2) is 77.8 Å². The van der Waals surface area contributed by atoms with Crippen molar-refractivity contribution in [3.8, 4) is 0 Å². The van der Waals surface area contributed by atoms with Gasteiger partial charge in [0.25, 0.3) is 0 Å². The normalized spacial score (nSPS) is 31.1. The number of Topliss-reactive ketones (excluding diaryl/α,β-unsaturated/α-hetero) is 1. The lowest BCUT2D eigenvalue weighted by Crippen LogP contribution is -2.49. The molecule has 0 spiro atoms. The van der Waals surface area contributed by atoms with Crippen LogP contribution in [-0.2, 0) is 19.1 Å². The quantitative estimate of drug-likeness (QED) is 0.411. The first-order chi connectivity index (χ1) is 9.40. The number of nitrogens with one attached hydrogen (secondary N) is 1. The maximum atomic E-state index is 11.6. The third-order valence-corrected chi connectivity index (χ3v) is 3.11. The van der Waals surface area contributed by atoms with Crippen LogP contribution < -0.4 is 5.32 Å². The van der Waals surface area contributed by atoms with Gasteiger partial charge in [-0.2, -0.15) is 0 Å². The lowest BCUT2D eigenvalue weighted by atomic mass is 9.99. The van der Waals surface area contributed by atoms with E-state index in [1.54, 1.807) is 0 Å². The van der Waals surface area contributed by atoms with Gasteiger partial charge < -0.3 is 30.1 Å². The molecule has 0 aromatic heterocycles. The maximum Gasteiger partial charge on any atom is 0.217 e. The average Bonchev–Trinajstić information content (AvgIpc) is 2.66. The summed E-state index contributed by atoms with van der Waals surface area (Å²) in [6, 6.07) is -0.820. The van der Waals surface area contributed by atoms with E-state index < -0.39 is 37.1 Å². The second-order valence-electron chi connectivity index (χ2n) is 4.78. The fourth-order valence-electron chi connectivity index (χ4n) is 2.25. The molecule has 1 rings (SSSR count). The number of carbonyl (C=O) groups excluding carboxylic acids is 2. The van der Waals surface area contributed by atoms with Crippen LogP contribution in [0.15, 0.2) is 0 Å². The highest BCUT2D eigenvalue weighted by atomic mass is 16.5. The van der Waals surface area contributed by atoms with E-state index in [2.05, 4.69) is 5.32 Å². The minimum absolute atomic E-state index is 0.0650. The summed E-state index contributed by atoms with van der Waals surface area (Å²) in [6.07, 6.45) is -4.39. The number of ether oxygens (including phenoxy) is 2. The van der Waals surface area contributed by atoms with E-state index in [1.807, 2.05) is 0 Å². The highest BCUT2D eigenvalue weighted by Crippen LogP contribution is 2.26. The van der Waals surface area contributed by atoms with Gasteiger partial charge in [0.05, 0.1) is 18.8 Å². The van der Waals surface area contributed by atoms with E-state index in [1.165, 1.54) is 14.0 Å². The zero-order valence-electron chi connectivity index (χ0n) is 11.5. The Morgan fingerprint density at radius 3 is 2.60 bits per heavy atom. The summed E-state index contributed by atoms with van der Waals surface area (Å²) in [6.45, 7) is 0.583. The zero-order valence-corrected chi connectivity index (χ0v) is 11.5. The van der Waals surface area contributed by atoms with Crippen molar-refractivity contribution in [1.82, 2.24) is 5.32 Å². The number of hydrogen-bond acceptors (Lipinski definition) is 7. The van der Waals surface area contributed by atoms with Gasteiger partial charge in [0.2, 0.25) is 5.91 Å². The van der Waals surface area contributed by atoms with Gasteiger partial charge in [-0.3, -0.25) is 9.59 Å². The Balaban J connectivity index is 2.78. The first-order valence-electron chi connectivity index (χ1n) is 6.30. The van der Waals surface area contributed by atoms with Crippen LogP contribution in [0, 0.1) is 0 Å². The molecule has 5 atom stereocenters. The van der Waals surface area contributed by atoms with Crippen molar-refractivity contribution in [2.24, 2.45) is 0 Å². The molecule has 4 N–H and O–H groups in total. The van der Waals surface area contributed by atoms with E-state index in [0.717, 1.165) is 0 Å². The molecule has 0 aromatic carbocycles. The highest BCUT2D eigenvalue weighted by molar-refractivity contribution is 5.80. The molecule has 116 valence electrons. The number of aliphatic hydroxyl groups is 3. The van der Waals surface area contributed by atoms with Crippen LogP contribution in [0.5, 0.6) is 0 Å². The highest BCUT2D eigenvalue weighted by Gasteiger charge is 2.47. The number of carbonyl (C=O) groups is 2. The lowest BCUT2D eigenvalue weighted by Gasteiger charge is -2.21. The molecule has 8 heteroatoms. The molecule has 20 heavy (non-hydrogen) atoms. The Kier molecular flexibility index (Phi) is 6.50. The molecule has 0 unspecified atom stereocenters.